The van der Waals surface area contributed by atoms with Gasteiger partial charge in [-0.1, -0.05) is 6.07 Å². The van der Waals surface area contributed by atoms with Crippen LogP contribution in [0.4, 0.5) is 10.1 Å². The van der Waals surface area contributed by atoms with Crippen molar-refractivity contribution in [1.82, 2.24) is 0 Å². The van der Waals surface area contributed by atoms with Crippen LogP contribution in [0, 0.1) is 22.9 Å². The molecule has 0 spiro atoms. The van der Waals surface area contributed by atoms with Gasteiger partial charge in [-0.25, -0.2) is 4.39 Å². The topological polar surface area (TPSA) is 61.6 Å². The average Bonchev–Trinajstić information content (AvgIpc) is 2.47. The van der Waals surface area contributed by atoms with Crippen LogP contribution in [0.25, 0.3) is 0 Å². The molecule has 0 bridgehead atoms. The second-order valence-corrected chi connectivity index (χ2v) is 4.49. The Bertz CT molecular complexity index is 673. The fraction of sp³-hybridized carbons (Fsp3) is 0.200. The Labute approximate surface area is 121 Å². The summed E-state index contributed by atoms with van der Waals surface area (Å²) in [5.41, 5.74) is 1.28. The number of rotatable bonds is 5. The fourth-order valence-corrected chi connectivity index (χ4v) is 1.84. The molecule has 2 rings (SSSR count). The lowest BCUT2D eigenvalue weighted by Gasteiger charge is -2.10. The van der Waals surface area contributed by atoms with Crippen LogP contribution in [0.5, 0.6) is 11.5 Å². The van der Waals surface area contributed by atoms with Crippen LogP contribution in [0.1, 0.15) is 11.1 Å². The lowest BCUT2D eigenvalue weighted by Crippen LogP contribution is -2.00. The number of non-ortho nitro benzene ring substituents is 1. The molecule has 5 nitrogen and oxygen atoms in total. The van der Waals surface area contributed by atoms with Crippen LogP contribution in [-0.4, -0.2) is 12.0 Å². The van der Waals surface area contributed by atoms with Gasteiger partial charge in [-0.05, 0) is 30.2 Å². The number of aryl methyl sites for hydroxylation is 1. The van der Waals surface area contributed by atoms with E-state index < -0.39 is 10.7 Å². The molecule has 0 aliphatic carbocycles. The van der Waals surface area contributed by atoms with Gasteiger partial charge in [0.2, 0.25) is 0 Å². The van der Waals surface area contributed by atoms with Gasteiger partial charge < -0.3 is 9.47 Å². The minimum Gasteiger partial charge on any atom is -0.496 e. The summed E-state index contributed by atoms with van der Waals surface area (Å²) in [6.45, 7) is 1.88. The minimum atomic E-state index is -0.501. The van der Waals surface area contributed by atoms with E-state index in [1.165, 1.54) is 31.4 Å². The highest BCUT2D eigenvalue weighted by Crippen LogP contribution is 2.25. The Morgan fingerprint density at radius 2 is 2.00 bits per heavy atom. The number of nitro groups is 1. The third kappa shape index (κ3) is 3.68. The van der Waals surface area contributed by atoms with Crippen molar-refractivity contribution in [3.05, 3.63) is 63.5 Å². The molecule has 0 heterocycles. The van der Waals surface area contributed by atoms with Crippen LogP contribution in [0.15, 0.2) is 36.4 Å². The van der Waals surface area contributed by atoms with Crippen molar-refractivity contribution in [1.29, 1.82) is 0 Å². The Balaban J connectivity index is 2.21. The molecule has 0 aliphatic heterocycles. The summed E-state index contributed by atoms with van der Waals surface area (Å²) in [5.74, 6) is 0.381. The Hall–Kier alpha value is -2.63. The number of nitro benzene ring substituents is 1. The van der Waals surface area contributed by atoms with Gasteiger partial charge >= 0.3 is 0 Å². The van der Waals surface area contributed by atoms with Gasteiger partial charge in [0, 0.05) is 12.1 Å². The summed E-state index contributed by atoms with van der Waals surface area (Å²) in [6.07, 6.45) is 0. The summed E-state index contributed by atoms with van der Waals surface area (Å²) in [4.78, 5) is 10.4. The van der Waals surface area contributed by atoms with E-state index in [1.54, 1.807) is 19.1 Å². The number of hydrogen-bond acceptors (Lipinski definition) is 4. The summed E-state index contributed by atoms with van der Waals surface area (Å²) in [6, 6.07) is 8.61. The van der Waals surface area contributed by atoms with E-state index in [-0.39, 0.29) is 12.3 Å². The first-order valence-electron chi connectivity index (χ1n) is 6.21. The van der Waals surface area contributed by atoms with Crippen LogP contribution < -0.4 is 9.47 Å². The van der Waals surface area contributed by atoms with E-state index in [1.807, 2.05) is 0 Å². The standard InChI is InChI=1S/C15H14FNO4/c1-10-3-4-12(16)7-15(10)21-9-11-5-13(17(18)19)8-14(6-11)20-2/h3-8H,9H2,1-2H3. The number of benzene rings is 2. The van der Waals surface area contributed by atoms with Gasteiger partial charge in [0.1, 0.15) is 23.9 Å². The zero-order valence-corrected chi connectivity index (χ0v) is 11.6. The Kier molecular flexibility index (Phi) is 4.37. The highest BCUT2D eigenvalue weighted by molar-refractivity contribution is 5.43. The molecule has 110 valence electrons. The molecule has 0 unspecified atom stereocenters. The molecule has 0 saturated carbocycles. The molecule has 2 aromatic rings. The van der Waals surface area contributed by atoms with E-state index in [9.17, 15) is 14.5 Å². The van der Waals surface area contributed by atoms with Gasteiger partial charge in [0.05, 0.1) is 18.1 Å². The molecular formula is C15H14FNO4. The molecule has 0 fully saturated rings. The van der Waals surface area contributed by atoms with Gasteiger partial charge in [0.15, 0.2) is 0 Å². The Morgan fingerprint density at radius 3 is 2.67 bits per heavy atom. The summed E-state index contributed by atoms with van der Waals surface area (Å²) in [7, 11) is 1.43. The first kappa shape index (κ1) is 14.8. The number of methoxy groups -OCH3 is 1. The molecule has 0 atom stereocenters. The maximum atomic E-state index is 13.2. The van der Waals surface area contributed by atoms with Gasteiger partial charge in [0.25, 0.3) is 5.69 Å². The van der Waals surface area contributed by atoms with Crippen molar-refractivity contribution in [2.75, 3.05) is 7.11 Å². The number of halogens is 1. The fourth-order valence-electron chi connectivity index (χ4n) is 1.84. The molecule has 0 aliphatic rings. The van der Waals surface area contributed by atoms with Crippen molar-refractivity contribution < 1.29 is 18.8 Å². The van der Waals surface area contributed by atoms with Crippen molar-refractivity contribution in [3.63, 3.8) is 0 Å². The highest BCUT2D eigenvalue weighted by atomic mass is 19.1. The van der Waals surface area contributed by atoms with Crippen LogP contribution >= 0.6 is 0 Å². The number of hydrogen-bond donors (Lipinski definition) is 0. The van der Waals surface area contributed by atoms with E-state index in [2.05, 4.69) is 0 Å². The second kappa shape index (κ2) is 6.21. The van der Waals surface area contributed by atoms with Crippen molar-refractivity contribution >= 4 is 5.69 Å². The van der Waals surface area contributed by atoms with E-state index in [0.717, 1.165) is 5.56 Å². The first-order chi connectivity index (χ1) is 9.99. The van der Waals surface area contributed by atoms with Crippen LogP contribution in [0.2, 0.25) is 0 Å². The van der Waals surface area contributed by atoms with Crippen molar-refractivity contribution in [2.45, 2.75) is 13.5 Å². The van der Waals surface area contributed by atoms with Gasteiger partial charge in [-0.15, -0.1) is 0 Å². The van der Waals surface area contributed by atoms with Crippen molar-refractivity contribution in [3.8, 4) is 11.5 Å². The molecule has 0 saturated heterocycles. The quantitative estimate of drug-likeness (QED) is 0.623. The normalized spacial score (nSPS) is 10.2. The number of nitrogens with zero attached hydrogens (tertiary/aromatic N) is 1. The highest BCUT2D eigenvalue weighted by Gasteiger charge is 2.11. The Morgan fingerprint density at radius 1 is 1.24 bits per heavy atom. The van der Waals surface area contributed by atoms with Gasteiger partial charge in [-0.3, -0.25) is 10.1 Å². The zero-order valence-electron chi connectivity index (χ0n) is 11.6. The summed E-state index contributed by atoms with van der Waals surface area (Å²) in [5, 5.41) is 10.9. The SMILES string of the molecule is COc1cc(COc2cc(F)ccc2C)cc([N+](=O)[O-])c1. The zero-order chi connectivity index (χ0) is 15.4. The number of ether oxygens (including phenoxy) is 2. The van der Waals surface area contributed by atoms with E-state index >= 15 is 0 Å². The smallest absolute Gasteiger partial charge is 0.273 e. The summed E-state index contributed by atoms with van der Waals surface area (Å²) < 4.78 is 23.7. The maximum Gasteiger partial charge on any atom is 0.273 e. The lowest BCUT2D eigenvalue weighted by atomic mass is 10.2. The molecule has 0 N–H and O–H groups in total. The average molecular weight is 291 g/mol. The summed E-state index contributed by atoms with van der Waals surface area (Å²) >= 11 is 0. The minimum absolute atomic E-state index is 0.0797. The molecule has 21 heavy (non-hydrogen) atoms. The molecule has 2 aromatic carbocycles. The van der Waals surface area contributed by atoms with E-state index in [0.29, 0.717) is 17.1 Å². The predicted molar refractivity (Wildman–Crippen MR) is 75.1 cm³/mol. The molecule has 0 amide bonds. The molecule has 0 radical (unpaired) electrons. The first-order valence-corrected chi connectivity index (χ1v) is 6.21. The second-order valence-electron chi connectivity index (χ2n) is 4.49. The third-order valence-corrected chi connectivity index (χ3v) is 2.94. The lowest BCUT2D eigenvalue weighted by molar-refractivity contribution is -0.385. The molecule has 0 aromatic heterocycles. The third-order valence-electron chi connectivity index (χ3n) is 2.94. The molecule has 6 heteroatoms. The molecular weight excluding hydrogens is 277 g/mol. The van der Waals surface area contributed by atoms with Crippen molar-refractivity contribution in [2.24, 2.45) is 0 Å². The monoisotopic (exact) mass is 291 g/mol. The maximum absolute atomic E-state index is 13.2. The van der Waals surface area contributed by atoms with E-state index in [4.69, 9.17) is 9.47 Å². The largest absolute Gasteiger partial charge is 0.496 e. The van der Waals surface area contributed by atoms with Gasteiger partial charge in [-0.2, -0.15) is 0 Å². The van der Waals surface area contributed by atoms with Crippen LogP contribution in [-0.2, 0) is 6.61 Å². The predicted octanol–water partition coefficient (Wildman–Crippen LogP) is 3.63. The van der Waals surface area contributed by atoms with Crippen LogP contribution in [0.3, 0.4) is 0 Å².